The van der Waals surface area contributed by atoms with Gasteiger partial charge >= 0.3 is 0 Å². The van der Waals surface area contributed by atoms with E-state index in [1.54, 1.807) is 0 Å². The van der Waals surface area contributed by atoms with Gasteiger partial charge < -0.3 is 0 Å². The average molecular weight is 308 g/mol. The molecule has 0 N–H and O–H groups in total. The van der Waals surface area contributed by atoms with Gasteiger partial charge in [0, 0.05) is 0 Å². The molecule has 0 atom stereocenters. The first-order valence-electron chi connectivity index (χ1n) is 8.47. The number of hydrogen-bond donors (Lipinski definition) is 0. The summed E-state index contributed by atoms with van der Waals surface area (Å²) in [6.07, 6.45) is 1.96. The van der Waals surface area contributed by atoms with Crippen molar-refractivity contribution in [3.05, 3.63) is 119 Å². The summed E-state index contributed by atoms with van der Waals surface area (Å²) in [7, 11) is 0. The first-order chi connectivity index (χ1) is 11.9. The number of rotatable bonds is 4. The first-order valence-corrected chi connectivity index (χ1v) is 8.47. The highest BCUT2D eigenvalue weighted by Gasteiger charge is 2.06. The summed E-state index contributed by atoms with van der Waals surface area (Å²) in [5.41, 5.74) is 5.51. The second kappa shape index (κ2) is 6.72. The molecular formula is C24H20. The van der Waals surface area contributed by atoms with E-state index in [0.29, 0.717) is 0 Å². The van der Waals surface area contributed by atoms with Crippen molar-refractivity contribution in [3.63, 3.8) is 0 Å². The molecule has 0 fully saturated rings. The highest BCUT2D eigenvalue weighted by molar-refractivity contribution is 5.89. The van der Waals surface area contributed by atoms with E-state index in [-0.39, 0.29) is 0 Å². The average Bonchev–Trinajstić information content (AvgIpc) is 2.64. The van der Waals surface area contributed by atoms with E-state index in [2.05, 4.69) is 97.1 Å². The minimum atomic E-state index is 0.979. The van der Waals surface area contributed by atoms with Crippen molar-refractivity contribution < 1.29 is 0 Å². The van der Waals surface area contributed by atoms with E-state index in [9.17, 15) is 0 Å². The van der Waals surface area contributed by atoms with Gasteiger partial charge in [-0.05, 0) is 45.9 Å². The van der Waals surface area contributed by atoms with Crippen LogP contribution in [0.5, 0.6) is 0 Å². The minimum Gasteiger partial charge on any atom is -0.0622 e. The van der Waals surface area contributed by atoms with Crippen molar-refractivity contribution in [2.45, 2.75) is 12.8 Å². The normalized spacial score (nSPS) is 10.8. The zero-order valence-corrected chi connectivity index (χ0v) is 13.7. The van der Waals surface area contributed by atoms with Crippen LogP contribution in [0.25, 0.3) is 10.8 Å². The Hall–Kier alpha value is -2.86. The molecule has 4 rings (SSSR count). The molecule has 0 saturated heterocycles. The van der Waals surface area contributed by atoms with E-state index in [0.717, 1.165) is 12.8 Å². The number of benzene rings is 4. The molecule has 0 heterocycles. The molecule has 0 aliphatic heterocycles. The maximum atomic E-state index is 2.25. The molecular weight excluding hydrogens is 288 g/mol. The summed E-state index contributed by atoms with van der Waals surface area (Å²) in [6.45, 7) is 0. The Balaban J connectivity index is 1.74. The summed E-state index contributed by atoms with van der Waals surface area (Å²) in [6, 6.07) is 34.8. The standard InChI is InChI=1S/C24H20/c1-3-9-19(10-4-1)17-21-13-7-16-24-22(14-8-15-23(21)24)18-20-11-5-2-6-12-20/h1-16H,17-18H2. The molecule has 0 radical (unpaired) electrons. The van der Waals surface area contributed by atoms with Gasteiger partial charge in [0.25, 0.3) is 0 Å². The van der Waals surface area contributed by atoms with Gasteiger partial charge in [-0.15, -0.1) is 0 Å². The van der Waals surface area contributed by atoms with Crippen LogP contribution in [-0.2, 0) is 12.8 Å². The van der Waals surface area contributed by atoms with Gasteiger partial charge in [0.2, 0.25) is 0 Å². The molecule has 0 saturated carbocycles. The summed E-state index contributed by atoms with van der Waals surface area (Å²) in [5, 5.41) is 2.74. The molecule has 116 valence electrons. The zero-order chi connectivity index (χ0) is 16.2. The number of fused-ring (bicyclic) bond motifs is 1. The Labute approximate surface area is 143 Å². The summed E-state index contributed by atoms with van der Waals surface area (Å²) < 4.78 is 0. The lowest BCUT2D eigenvalue weighted by atomic mass is 9.93. The van der Waals surface area contributed by atoms with Gasteiger partial charge in [-0.3, -0.25) is 0 Å². The molecule has 0 spiro atoms. The first kappa shape index (κ1) is 14.7. The molecule has 24 heavy (non-hydrogen) atoms. The molecule has 0 unspecified atom stereocenters. The van der Waals surface area contributed by atoms with E-state index in [1.807, 2.05) is 0 Å². The lowest BCUT2D eigenvalue weighted by molar-refractivity contribution is 1.20. The Morgan fingerprint density at radius 1 is 0.375 bits per heavy atom. The molecule has 4 aromatic rings. The molecule has 0 bridgehead atoms. The number of hydrogen-bond acceptors (Lipinski definition) is 0. The van der Waals surface area contributed by atoms with Crippen LogP contribution in [0.15, 0.2) is 97.1 Å². The maximum Gasteiger partial charge on any atom is -0.00196 e. The Bertz CT molecular complexity index is 856. The van der Waals surface area contributed by atoms with Gasteiger partial charge in [0.1, 0.15) is 0 Å². The second-order valence-electron chi connectivity index (χ2n) is 6.25. The van der Waals surface area contributed by atoms with Crippen LogP contribution in [0.4, 0.5) is 0 Å². The third-order valence-electron chi connectivity index (χ3n) is 4.58. The van der Waals surface area contributed by atoms with Gasteiger partial charge in [-0.1, -0.05) is 97.1 Å². The lowest BCUT2D eigenvalue weighted by Gasteiger charge is -2.11. The smallest absolute Gasteiger partial charge is 0.00196 e. The van der Waals surface area contributed by atoms with Gasteiger partial charge in [-0.25, -0.2) is 0 Å². The summed E-state index contributed by atoms with van der Waals surface area (Å²) >= 11 is 0. The Morgan fingerprint density at radius 3 is 1.21 bits per heavy atom. The van der Waals surface area contributed by atoms with Crippen molar-refractivity contribution in [1.82, 2.24) is 0 Å². The molecule has 0 aliphatic carbocycles. The van der Waals surface area contributed by atoms with Crippen molar-refractivity contribution in [3.8, 4) is 0 Å². The molecule has 0 aliphatic rings. The largest absolute Gasteiger partial charge is 0.0622 e. The third-order valence-corrected chi connectivity index (χ3v) is 4.58. The van der Waals surface area contributed by atoms with Crippen LogP contribution in [0.2, 0.25) is 0 Å². The van der Waals surface area contributed by atoms with Gasteiger partial charge in [-0.2, -0.15) is 0 Å². The van der Waals surface area contributed by atoms with E-state index < -0.39 is 0 Å². The fraction of sp³-hybridized carbons (Fsp3) is 0.0833. The quantitative estimate of drug-likeness (QED) is 0.432. The van der Waals surface area contributed by atoms with Gasteiger partial charge in [0.05, 0.1) is 0 Å². The van der Waals surface area contributed by atoms with Crippen molar-refractivity contribution in [2.24, 2.45) is 0 Å². The molecule has 0 aromatic heterocycles. The van der Waals surface area contributed by atoms with Crippen LogP contribution in [0, 0.1) is 0 Å². The predicted molar refractivity (Wildman–Crippen MR) is 102 cm³/mol. The van der Waals surface area contributed by atoms with Crippen molar-refractivity contribution >= 4 is 10.8 Å². The molecule has 0 nitrogen and oxygen atoms in total. The van der Waals surface area contributed by atoms with Crippen LogP contribution in [0.3, 0.4) is 0 Å². The van der Waals surface area contributed by atoms with E-state index in [1.165, 1.54) is 33.0 Å². The molecule has 0 heteroatoms. The molecule has 4 aromatic carbocycles. The second-order valence-corrected chi connectivity index (χ2v) is 6.25. The minimum absolute atomic E-state index is 0.979. The van der Waals surface area contributed by atoms with E-state index in [4.69, 9.17) is 0 Å². The SMILES string of the molecule is c1ccc(Cc2cccc3c(Cc4ccccc4)cccc23)cc1. The monoisotopic (exact) mass is 308 g/mol. The Kier molecular flexibility index (Phi) is 4.12. The summed E-state index contributed by atoms with van der Waals surface area (Å²) in [4.78, 5) is 0. The Morgan fingerprint density at radius 2 is 0.792 bits per heavy atom. The fourth-order valence-electron chi connectivity index (χ4n) is 3.38. The topological polar surface area (TPSA) is 0 Å². The van der Waals surface area contributed by atoms with Crippen molar-refractivity contribution in [2.75, 3.05) is 0 Å². The van der Waals surface area contributed by atoms with Crippen LogP contribution in [-0.4, -0.2) is 0 Å². The third kappa shape index (κ3) is 3.09. The maximum absolute atomic E-state index is 2.25. The summed E-state index contributed by atoms with van der Waals surface area (Å²) in [5.74, 6) is 0. The van der Waals surface area contributed by atoms with Crippen LogP contribution >= 0.6 is 0 Å². The predicted octanol–water partition coefficient (Wildman–Crippen LogP) is 6.02. The highest BCUT2D eigenvalue weighted by Crippen LogP contribution is 2.26. The zero-order valence-electron chi connectivity index (χ0n) is 13.7. The van der Waals surface area contributed by atoms with Crippen molar-refractivity contribution in [1.29, 1.82) is 0 Å². The fourth-order valence-corrected chi connectivity index (χ4v) is 3.38. The highest BCUT2D eigenvalue weighted by atomic mass is 14.1. The van der Waals surface area contributed by atoms with Gasteiger partial charge in [0.15, 0.2) is 0 Å². The van der Waals surface area contributed by atoms with Crippen LogP contribution in [0.1, 0.15) is 22.3 Å². The molecule has 0 amide bonds. The van der Waals surface area contributed by atoms with E-state index >= 15 is 0 Å². The van der Waals surface area contributed by atoms with Crippen LogP contribution < -0.4 is 0 Å². The lowest BCUT2D eigenvalue weighted by Crippen LogP contribution is -1.93.